The maximum atomic E-state index is 11.7. The quantitative estimate of drug-likeness (QED) is 0.776. The number of nitrogens with zero attached hydrogens (tertiary/aromatic N) is 1. The smallest absolute Gasteiger partial charge is 0.253 e. The van der Waals surface area contributed by atoms with Crippen molar-refractivity contribution in [3.8, 4) is 0 Å². The molecule has 0 saturated heterocycles. The van der Waals surface area contributed by atoms with Crippen LogP contribution in [-0.2, 0) is 6.54 Å². The Bertz CT molecular complexity index is 343. The number of rotatable bonds is 4. The zero-order chi connectivity index (χ0) is 10.6. The van der Waals surface area contributed by atoms with E-state index < -0.39 is 0 Å². The number of aromatic nitrogens is 1. The third-order valence-corrected chi connectivity index (χ3v) is 2.27. The van der Waals surface area contributed by atoms with Crippen molar-refractivity contribution >= 4 is 0 Å². The zero-order valence-electron chi connectivity index (χ0n) is 9.08. The zero-order valence-corrected chi connectivity index (χ0v) is 9.08. The van der Waals surface area contributed by atoms with Crippen LogP contribution in [0.15, 0.2) is 23.1 Å². The fourth-order valence-corrected chi connectivity index (χ4v) is 1.55. The summed E-state index contributed by atoms with van der Waals surface area (Å²) in [4.78, 5) is 11.7. The molecule has 0 spiro atoms. The van der Waals surface area contributed by atoms with Gasteiger partial charge in [0.15, 0.2) is 0 Å². The minimum absolute atomic E-state index is 0.121. The van der Waals surface area contributed by atoms with Crippen LogP contribution in [0.2, 0.25) is 0 Å². The van der Waals surface area contributed by atoms with E-state index in [1.54, 1.807) is 4.57 Å². The molecule has 1 atom stereocenters. The minimum atomic E-state index is 0.121. The van der Waals surface area contributed by atoms with Gasteiger partial charge < -0.3 is 9.88 Å². The maximum absolute atomic E-state index is 11.7. The van der Waals surface area contributed by atoms with Crippen molar-refractivity contribution in [2.45, 2.75) is 20.4 Å². The van der Waals surface area contributed by atoms with E-state index in [4.69, 9.17) is 0 Å². The van der Waals surface area contributed by atoms with Gasteiger partial charge >= 0.3 is 0 Å². The molecular formula is C11H18N2O. The molecule has 1 heterocycles. The van der Waals surface area contributed by atoms with E-state index in [1.165, 1.54) is 0 Å². The highest BCUT2D eigenvalue weighted by molar-refractivity contribution is 5.07. The van der Waals surface area contributed by atoms with Gasteiger partial charge in [-0.3, -0.25) is 4.79 Å². The van der Waals surface area contributed by atoms with Crippen LogP contribution in [0.1, 0.15) is 12.5 Å². The largest absolute Gasteiger partial charge is 0.319 e. The molecule has 1 aromatic rings. The van der Waals surface area contributed by atoms with Crippen LogP contribution in [0.3, 0.4) is 0 Å². The third-order valence-electron chi connectivity index (χ3n) is 2.27. The molecule has 0 aliphatic rings. The molecule has 0 aliphatic carbocycles. The first-order valence-electron chi connectivity index (χ1n) is 4.95. The Morgan fingerprint density at radius 3 is 2.93 bits per heavy atom. The third kappa shape index (κ3) is 2.70. The van der Waals surface area contributed by atoms with E-state index in [2.05, 4.69) is 12.2 Å². The molecule has 0 saturated carbocycles. The fraction of sp³-hybridized carbons (Fsp3) is 0.545. The predicted molar refractivity (Wildman–Crippen MR) is 58.5 cm³/mol. The first-order valence-corrected chi connectivity index (χ1v) is 4.95. The highest BCUT2D eigenvalue weighted by atomic mass is 16.1. The molecule has 0 amide bonds. The average molecular weight is 194 g/mol. The molecule has 3 heteroatoms. The highest BCUT2D eigenvalue weighted by Crippen LogP contribution is 1.97. The lowest BCUT2D eigenvalue weighted by Gasteiger charge is -2.12. The lowest BCUT2D eigenvalue weighted by Crippen LogP contribution is -2.27. The van der Waals surface area contributed by atoms with Gasteiger partial charge in [-0.15, -0.1) is 0 Å². The van der Waals surface area contributed by atoms with E-state index in [9.17, 15) is 4.79 Å². The summed E-state index contributed by atoms with van der Waals surface area (Å²) >= 11 is 0. The second kappa shape index (κ2) is 4.96. The van der Waals surface area contributed by atoms with Gasteiger partial charge in [0.05, 0.1) is 0 Å². The summed E-state index contributed by atoms with van der Waals surface area (Å²) in [5.41, 5.74) is 0.930. The topological polar surface area (TPSA) is 34.0 Å². The van der Waals surface area contributed by atoms with Gasteiger partial charge in [-0.25, -0.2) is 0 Å². The van der Waals surface area contributed by atoms with Crippen LogP contribution in [0.25, 0.3) is 0 Å². The van der Waals surface area contributed by atoms with Gasteiger partial charge in [-0.05, 0) is 32.5 Å². The number of hydrogen-bond acceptors (Lipinski definition) is 2. The van der Waals surface area contributed by atoms with Gasteiger partial charge in [0, 0.05) is 18.3 Å². The highest BCUT2D eigenvalue weighted by Gasteiger charge is 2.03. The summed E-state index contributed by atoms with van der Waals surface area (Å²) in [5, 5.41) is 3.11. The summed E-state index contributed by atoms with van der Waals surface area (Å²) in [5.74, 6) is 0.472. The van der Waals surface area contributed by atoms with Crippen molar-refractivity contribution < 1.29 is 0 Å². The molecule has 1 N–H and O–H groups in total. The summed E-state index contributed by atoms with van der Waals surface area (Å²) < 4.78 is 1.78. The van der Waals surface area contributed by atoms with Crippen LogP contribution >= 0.6 is 0 Å². The van der Waals surface area contributed by atoms with Gasteiger partial charge in [0.1, 0.15) is 0 Å². The van der Waals surface area contributed by atoms with Crippen LogP contribution in [0, 0.1) is 12.8 Å². The fourth-order valence-electron chi connectivity index (χ4n) is 1.55. The molecule has 0 radical (unpaired) electrons. The molecule has 14 heavy (non-hydrogen) atoms. The lowest BCUT2D eigenvalue weighted by molar-refractivity contribution is 0.453. The van der Waals surface area contributed by atoms with Crippen molar-refractivity contribution in [2.24, 2.45) is 5.92 Å². The van der Waals surface area contributed by atoms with E-state index >= 15 is 0 Å². The molecule has 0 aliphatic heterocycles. The number of hydrogen-bond donors (Lipinski definition) is 1. The molecule has 0 aromatic carbocycles. The molecule has 78 valence electrons. The Morgan fingerprint density at radius 2 is 2.29 bits per heavy atom. The summed E-state index contributed by atoms with van der Waals surface area (Å²) in [6.07, 6.45) is 1.85. The Labute approximate surface area is 84.8 Å². The second-order valence-corrected chi connectivity index (χ2v) is 3.81. The molecular weight excluding hydrogens is 176 g/mol. The number of nitrogens with one attached hydrogen (secondary N) is 1. The van der Waals surface area contributed by atoms with Crippen molar-refractivity contribution in [1.29, 1.82) is 0 Å². The Morgan fingerprint density at radius 1 is 1.57 bits per heavy atom. The Hall–Kier alpha value is -1.09. The standard InChI is InChI=1S/C11H18N2O/c1-9(7-12-3)8-13-6-4-5-10(2)11(13)14/h4-6,9,12H,7-8H2,1-3H3. The van der Waals surface area contributed by atoms with Gasteiger partial charge in [-0.1, -0.05) is 13.0 Å². The first kappa shape index (κ1) is 11.0. The summed E-state index contributed by atoms with van der Waals surface area (Å²) in [6, 6.07) is 3.77. The van der Waals surface area contributed by atoms with E-state index in [0.717, 1.165) is 18.7 Å². The van der Waals surface area contributed by atoms with E-state index in [1.807, 2.05) is 32.3 Å². The Balaban J connectivity index is 2.77. The van der Waals surface area contributed by atoms with Gasteiger partial charge in [-0.2, -0.15) is 0 Å². The number of aryl methyl sites for hydroxylation is 1. The molecule has 1 unspecified atom stereocenters. The van der Waals surface area contributed by atoms with Crippen LogP contribution in [0.5, 0.6) is 0 Å². The van der Waals surface area contributed by atoms with Crippen molar-refractivity contribution in [2.75, 3.05) is 13.6 Å². The maximum Gasteiger partial charge on any atom is 0.253 e. The van der Waals surface area contributed by atoms with E-state index in [0.29, 0.717) is 5.92 Å². The molecule has 1 aromatic heterocycles. The van der Waals surface area contributed by atoms with Crippen molar-refractivity contribution in [1.82, 2.24) is 9.88 Å². The second-order valence-electron chi connectivity index (χ2n) is 3.81. The molecule has 0 bridgehead atoms. The lowest BCUT2D eigenvalue weighted by atomic mass is 10.2. The first-order chi connectivity index (χ1) is 6.65. The molecule has 3 nitrogen and oxygen atoms in total. The van der Waals surface area contributed by atoms with Crippen molar-refractivity contribution in [3.05, 3.63) is 34.2 Å². The predicted octanol–water partition coefficient (Wildman–Crippen LogP) is 1.01. The molecule has 1 rings (SSSR count). The van der Waals surface area contributed by atoms with Crippen LogP contribution < -0.4 is 10.9 Å². The number of pyridine rings is 1. The summed E-state index contributed by atoms with van der Waals surface area (Å²) in [6.45, 7) is 5.69. The van der Waals surface area contributed by atoms with Gasteiger partial charge in [0.25, 0.3) is 5.56 Å². The Kier molecular flexibility index (Phi) is 3.89. The van der Waals surface area contributed by atoms with E-state index in [-0.39, 0.29) is 5.56 Å². The van der Waals surface area contributed by atoms with Crippen molar-refractivity contribution in [3.63, 3.8) is 0 Å². The monoisotopic (exact) mass is 194 g/mol. The summed E-state index contributed by atoms with van der Waals surface area (Å²) in [7, 11) is 1.93. The molecule has 0 fully saturated rings. The normalized spacial score (nSPS) is 12.8. The minimum Gasteiger partial charge on any atom is -0.319 e. The van der Waals surface area contributed by atoms with Gasteiger partial charge in [0.2, 0.25) is 0 Å². The van der Waals surface area contributed by atoms with Crippen LogP contribution in [-0.4, -0.2) is 18.2 Å². The van der Waals surface area contributed by atoms with Crippen LogP contribution in [0.4, 0.5) is 0 Å². The SMILES string of the molecule is CNCC(C)Cn1cccc(C)c1=O. The average Bonchev–Trinajstić information content (AvgIpc) is 2.13.